The first-order chi connectivity index (χ1) is 22.5. The molecule has 0 unspecified atom stereocenters. The molecular weight excluding hydrogens is 576 g/mol. The highest BCUT2D eigenvalue weighted by Crippen LogP contribution is 2.54. The maximum atomic E-state index is 13.4. The molecule has 2 saturated carbocycles. The van der Waals surface area contributed by atoms with Crippen LogP contribution in [0.5, 0.6) is 0 Å². The quantitative estimate of drug-likeness (QED) is 0.223. The van der Waals surface area contributed by atoms with E-state index in [1.807, 2.05) is 60.7 Å². The van der Waals surface area contributed by atoms with Crippen molar-refractivity contribution in [1.82, 2.24) is 9.97 Å². The van der Waals surface area contributed by atoms with Crippen LogP contribution in [0.3, 0.4) is 0 Å². The summed E-state index contributed by atoms with van der Waals surface area (Å²) < 4.78 is 0. The highest BCUT2D eigenvalue weighted by atomic mass is 16.2. The number of fused-ring (bicyclic) bond motifs is 11. The van der Waals surface area contributed by atoms with Gasteiger partial charge in [-0.05, 0) is 79.0 Å². The number of hydrogen-bond donors (Lipinski definition) is 0. The van der Waals surface area contributed by atoms with Crippen molar-refractivity contribution in [3.05, 3.63) is 97.1 Å². The molecule has 0 N–H and O–H groups in total. The van der Waals surface area contributed by atoms with Gasteiger partial charge in [-0.1, -0.05) is 54.6 Å². The molecule has 4 aromatic rings. The number of carbonyl (C=O) groups is 4. The van der Waals surface area contributed by atoms with Crippen molar-refractivity contribution in [2.24, 2.45) is 47.3 Å². The molecule has 2 aliphatic heterocycles. The fourth-order valence-corrected chi connectivity index (χ4v) is 9.27. The summed E-state index contributed by atoms with van der Waals surface area (Å²) in [5, 5.41) is 0.879. The summed E-state index contributed by atoms with van der Waals surface area (Å²) >= 11 is 0. The van der Waals surface area contributed by atoms with E-state index in [9.17, 15) is 19.2 Å². The first kappa shape index (κ1) is 26.0. The molecule has 6 aliphatic rings. The van der Waals surface area contributed by atoms with Crippen molar-refractivity contribution in [2.75, 3.05) is 9.80 Å². The minimum atomic E-state index is -0.242. The van der Waals surface area contributed by atoms with Gasteiger partial charge < -0.3 is 0 Å². The average Bonchev–Trinajstić information content (AvgIpc) is 3.94. The summed E-state index contributed by atoms with van der Waals surface area (Å²) in [5.41, 5.74) is 4.26. The van der Waals surface area contributed by atoms with Crippen LogP contribution in [0.2, 0.25) is 0 Å². The predicted octanol–water partition coefficient (Wildman–Crippen LogP) is 5.59. The molecule has 8 atom stereocenters. The fourth-order valence-electron chi connectivity index (χ4n) is 9.27. The monoisotopic (exact) mass is 604 g/mol. The molecule has 4 bridgehead atoms. The van der Waals surface area contributed by atoms with Crippen LogP contribution in [0.15, 0.2) is 97.1 Å². The van der Waals surface area contributed by atoms with E-state index in [1.165, 1.54) is 9.80 Å². The Kier molecular flexibility index (Phi) is 5.18. The number of imide groups is 2. The smallest absolute Gasteiger partial charge is 0.238 e. The molecule has 4 fully saturated rings. The summed E-state index contributed by atoms with van der Waals surface area (Å²) in [7, 11) is 0. The second-order valence-electron chi connectivity index (χ2n) is 13.5. The van der Waals surface area contributed by atoms with Crippen LogP contribution in [0.1, 0.15) is 12.8 Å². The first-order valence-electron chi connectivity index (χ1n) is 16.1. The van der Waals surface area contributed by atoms with Crippen molar-refractivity contribution in [1.29, 1.82) is 0 Å². The lowest BCUT2D eigenvalue weighted by atomic mass is 9.85. The molecule has 2 saturated heterocycles. The van der Waals surface area contributed by atoms with Gasteiger partial charge in [0, 0.05) is 16.5 Å². The van der Waals surface area contributed by atoms with Crippen molar-refractivity contribution >= 4 is 45.9 Å². The van der Waals surface area contributed by atoms with Crippen LogP contribution in [0, 0.1) is 47.3 Å². The van der Waals surface area contributed by atoms with Gasteiger partial charge in [0.25, 0.3) is 0 Å². The van der Waals surface area contributed by atoms with Gasteiger partial charge in [0.2, 0.25) is 23.6 Å². The largest absolute Gasteiger partial charge is 0.274 e. The zero-order valence-electron chi connectivity index (χ0n) is 24.7. The summed E-state index contributed by atoms with van der Waals surface area (Å²) in [6.45, 7) is 0. The molecular formula is C38H28N4O4. The molecule has 4 aliphatic carbocycles. The number of nitrogens with zero attached hydrogens (tertiary/aromatic N) is 4. The molecule has 224 valence electrons. The highest BCUT2D eigenvalue weighted by Gasteiger charge is 2.60. The Morgan fingerprint density at radius 1 is 0.500 bits per heavy atom. The van der Waals surface area contributed by atoms with Crippen molar-refractivity contribution < 1.29 is 19.2 Å². The average molecular weight is 605 g/mol. The first-order valence-corrected chi connectivity index (χ1v) is 16.1. The van der Waals surface area contributed by atoms with Gasteiger partial charge in [0.15, 0.2) is 5.82 Å². The number of rotatable bonds is 4. The molecule has 0 radical (unpaired) electrons. The predicted molar refractivity (Wildman–Crippen MR) is 171 cm³/mol. The van der Waals surface area contributed by atoms with E-state index in [0.29, 0.717) is 17.2 Å². The Labute approximate surface area is 264 Å². The third kappa shape index (κ3) is 3.39. The summed E-state index contributed by atoms with van der Waals surface area (Å²) in [6, 6.07) is 22.6. The fraction of sp³-hybridized carbons (Fsp3) is 0.263. The van der Waals surface area contributed by atoms with Gasteiger partial charge in [0.05, 0.1) is 46.3 Å². The van der Waals surface area contributed by atoms with E-state index in [4.69, 9.17) is 9.97 Å². The highest BCUT2D eigenvalue weighted by molar-refractivity contribution is 6.23. The van der Waals surface area contributed by atoms with Crippen LogP contribution in [-0.4, -0.2) is 33.6 Å². The zero-order chi connectivity index (χ0) is 30.8. The maximum absolute atomic E-state index is 13.4. The van der Waals surface area contributed by atoms with E-state index in [-0.39, 0.29) is 71.0 Å². The van der Waals surface area contributed by atoms with Crippen LogP contribution >= 0.6 is 0 Å². The van der Waals surface area contributed by atoms with Crippen LogP contribution in [-0.2, 0) is 19.2 Å². The van der Waals surface area contributed by atoms with Crippen molar-refractivity contribution in [3.63, 3.8) is 0 Å². The molecule has 46 heavy (non-hydrogen) atoms. The number of carbonyl (C=O) groups excluding carboxylic acids is 4. The van der Waals surface area contributed by atoms with Crippen molar-refractivity contribution in [3.8, 4) is 22.6 Å². The molecule has 8 nitrogen and oxygen atoms in total. The van der Waals surface area contributed by atoms with E-state index in [1.54, 1.807) is 12.1 Å². The molecule has 3 heterocycles. The molecule has 3 aromatic carbocycles. The number of allylic oxidation sites excluding steroid dienone is 4. The minimum Gasteiger partial charge on any atom is -0.274 e. The second kappa shape index (κ2) is 9.16. The van der Waals surface area contributed by atoms with Gasteiger partial charge >= 0.3 is 0 Å². The third-order valence-electron chi connectivity index (χ3n) is 11.3. The third-order valence-corrected chi connectivity index (χ3v) is 11.3. The molecule has 10 rings (SSSR count). The minimum absolute atomic E-state index is 0.0950. The van der Waals surface area contributed by atoms with Crippen LogP contribution in [0.4, 0.5) is 11.4 Å². The van der Waals surface area contributed by atoms with Gasteiger partial charge in [-0.15, -0.1) is 0 Å². The van der Waals surface area contributed by atoms with Gasteiger partial charge in [0.1, 0.15) is 0 Å². The SMILES string of the molecule is O=C1[C@@H]2[C@H](C(=O)N1c1ccc(-c3nc(-c4ccc(N5C(=O)[C@H]6[C@H](C5=O)[C@H]5C=C[C@H]6C5)cc4)c4ccccc4n3)cc1)[C@H]1C=C[C@H]2C1. The topological polar surface area (TPSA) is 101 Å². The van der Waals surface area contributed by atoms with Crippen molar-refractivity contribution in [2.45, 2.75) is 12.8 Å². The van der Waals surface area contributed by atoms with E-state index < -0.39 is 0 Å². The zero-order valence-corrected chi connectivity index (χ0v) is 24.7. The number of hydrogen-bond acceptors (Lipinski definition) is 6. The molecule has 4 amide bonds. The second-order valence-corrected chi connectivity index (χ2v) is 13.5. The maximum Gasteiger partial charge on any atom is 0.238 e. The Morgan fingerprint density at radius 2 is 0.935 bits per heavy atom. The lowest BCUT2D eigenvalue weighted by Gasteiger charge is -2.18. The number of benzene rings is 3. The molecule has 0 spiro atoms. The van der Waals surface area contributed by atoms with Gasteiger partial charge in [-0.3, -0.25) is 29.0 Å². The van der Waals surface area contributed by atoms with Gasteiger partial charge in [-0.25, -0.2) is 9.97 Å². The summed E-state index contributed by atoms with van der Waals surface area (Å²) in [4.78, 5) is 65.9. The van der Waals surface area contributed by atoms with Gasteiger partial charge in [-0.2, -0.15) is 0 Å². The van der Waals surface area contributed by atoms with Crippen LogP contribution < -0.4 is 9.80 Å². The number of amides is 4. The standard InChI is InChI=1S/C38H28N4O4/c43-35-29-21-5-6-22(17-21)30(29)36(44)41(35)25-13-9-19(10-14-25)33-27-3-1-2-4-28(27)39-34(40-33)20-11-15-26(16-12-20)42-37(45)31-23-7-8-24(18-23)32(31)38(42)46/h1-16,21-24,29-32H,17-18H2/t21-,22-,23-,24-,29+,30+,31-,32+/m0/s1. The number of para-hydroxylation sites is 1. The molecule has 8 heteroatoms. The Balaban J connectivity index is 0.968. The van der Waals surface area contributed by atoms with E-state index in [0.717, 1.165) is 40.6 Å². The Morgan fingerprint density at radius 3 is 1.41 bits per heavy atom. The number of anilines is 2. The normalized spacial score (nSPS) is 31.7. The lowest BCUT2D eigenvalue weighted by molar-refractivity contribution is -0.124. The summed E-state index contributed by atoms with van der Waals surface area (Å²) in [6.07, 6.45) is 10.2. The van der Waals surface area contributed by atoms with Crippen LogP contribution in [0.25, 0.3) is 33.5 Å². The Hall–Kier alpha value is -5.24. The lowest BCUT2D eigenvalue weighted by Crippen LogP contribution is -2.32. The van der Waals surface area contributed by atoms with E-state index >= 15 is 0 Å². The summed E-state index contributed by atoms with van der Waals surface area (Å²) in [5.74, 6) is -0.178. The molecule has 1 aromatic heterocycles. The Bertz CT molecular complexity index is 2040. The van der Waals surface area contributed by atoms with E-state index in [2.05, 4.69) is 24.3 Å². The number of aromatic nitrogens is 2.